The van der Waals surface area contributed by atoms with E-state index in [9.17, 15) is 24.6 Å². The van der Waals surface area contributed by atoms with Crippen molar-refractivity contribution in [3.05, 3.63) is 126 Å². The molecule has 0 heterocycles. The summed E-state index contributed by atoms with van der Waals surface area (Å²) in [6.07, 6.45) is 7.94. The number of rotatable bonds is 9. The Morgan fingerprint density at radius 2 is 1.49 bits per heavy atom. The number of hydrogen-bond donors (Lipinski definition) is 4. The van der Waals surface area contributed by atoms with Gasteiger partial charge in [0.2, 0.25) is 5.91 Å². The second-order valence-corrected chi connectivity index (χ2v) is 15.8. The van der Waals surface area contributed by atoms with Crippen LogP contribution >= 0.6 is 11.8 Å². The smallest absolute Gasteiger partial charge is 0.217 e. The van der Waals surface area contributed by atoms with Crippen molar-refractivity contribution >= 4 is 17.7 Å². The molecule has 0 bridgehead atoms. The number of nitrogens with two attached hydrogens (primary N) is 1. The van der Waals surface area contributed by atoms with Gasteiger partial charge in [-0.2, -0.15) is 0 Å². The third-order valence-corrected chi connectivity index (χ3v) is 11.9. The van der Waals surface area contributed by atoms with E-state index in [-0.39, 0.29) is 34.3 Å². The fourth-order valence-electron chi connectivity index (χ4n) is 7.89. The first-order valence-electron chi connectivity index (χ1n) is 19.0. The maximum Gasteiger partial charge on any atom is 0.217 e. The first-order chi connectivity index (χ1) is 26.2. The van der Waals surface area contributed by atoms with Gasteiger partial charge >= 0.3 is 0 Å². The van der Waals surface area contributed by atoms with Crippen molar-refractivity contribution in [3.8, 4) is 39.5 Å². The largest absolute Gasteiger partial charge is 0.504 e. The van der Waals surface area contributed by atoms with Crippen LogP contribution in [-0.4, -0.2) is 29.5 Å². The van der Waals surface area contributed by atoms with E-state index in [2.05, 4.69) is 44.8 Å². The summed E-state index contributed by atoms with van der Waals surface area (Å²) < 4.78 is 5.81. The molecule has 6 rings (SSSR count). The summed E-state index contributed by atoms with van der Waals surface area (Å²) in [5, 5.41) is 24.0. The molecule has 0 saturated heterocycles. The minimum absolute atomic E-state index is 0.0516. The van der Waals surface area contributed by atoms with Gasteiger partial charge in [0.15, 0.2) is 22.4 Å². The van der Waals surface area contributed by atoms with Crippen molar-refractivity contribution in [1.29, 1.82) is 0 Å². The number of carbonyl (C=O) groups excluding carboxylic acids is 1. The van der Waals surface area contributed by atoms with Crippen LogP contribution in [0.15, 0.2) is 75.3 Å². The molecule has 9 heteroatoms. The van der Waals surface area contributed by atoms with E-state index in [0.717, 1.165) is 69.0 Å². The standard InChI is InChI=1S/C25H30N2O4.C21H24O2S/c1-14-8-10-18-19(13-21(14)28)20(27-15(2)6-4-5-7-23(26)30)11-9-17-12-22(29)25(31)16(3)24(17)18;1-12-6-7-15-10-13(2)14(3)21(23-4)20(15)16-8-9-19(24-5)18(22)11-17(12)16/h8,10,12-13,20,27,29,31H,2,4-7,9,11H2,1,3H3,(H2,26,30);8-12H,6-7H2,1-5H3/t20-;/m0./s1. The van der Waals surface area contributed by atoms with E-state index in [1.165, 1.54) is 34.0 Å². The Morgan fingerprint density at radius 3 is 2.18 bits per heavy atom. The van der Waals surface area contributed by atoms with Crippen molar-refractivity contribution in [2.45, 2.75) is 103 Å². The predicted molar refractivity (Wildman–Crippen MR) is 225 cm³/mol. The highest BCUT2D eigenvalue weighted by Gasteiger charge is 2.27. The quantitative estimate of drug-likeness (QED) is 0.0753. The van der Waals surface area contributed by atoms with Gasteiger partial charge in [0.25, 0.3) is 0 Å². The van der Waals surface area contributed by atoms with Crippen LogP contribution in [0.25, 0.3) is 22.3 Å². The van der Waals surface area contributed by atoms with Crippen LogP contribution in [0.2, 0.25) is 0 Å². The first-order valence-corrected chi connectivity index (χ1v) is 20.2. The zero-order valence-electron chi connectivity index (χ0n) is 33.2. The minimum atomic E-state index is -0.304. The number of carbonyl (C=O) groups is 1. The van der Waals surface area contributed by atoms with Gasteiger partial charge in [-0.15, -0.1) is 11.8 Å². The van der Waals surface area contributed by atoms with E-state index in [0.29, 0.717) is 49.1 Å². The maximum absolute atomic E-state index is 12.6. The Kier molecular flexibility index (Phi) is 13.2. The van der Waals surface area contributed by atoms with Crippen molar-refractivity contribution in [2.75, 3.05) is 13.4 Å². The molecule has 2 aliphatic rings. The molecule has 0 spiro atoms. The number of amides is 1. The number of aromatic hydroxyl groups is 2. The van der Waals surface area contributed by atoms with Crippen molar-refractivity contribution in [2.24, 2.45) is 5.73 Å². The van der Waals surface area contributed by atoms with Gasteiger partial charge in [0, 0.05) is 23.2 Å². The van der Waals surface area contributed by atoms with Gasteiger partial charge < -0.3 is 26.0 Å². The Labute approximate surface area is 328 Å². The number of hydrogen-bond acceptors (Lipinski definition) is 8. The van der Waals surface area contributed by atoms with Crippen LogP contribution in [0, 0.1) is 27.7 Å². The van der Waals surface area contributed by atoms with Crippen LogP contribution in [0.1, 0.15) is 102 Å². The van der Waals surface area contributed by atoms with Gasteiger partial charge in [-0.1, -0.05) is 37.8 Å². The van der Waals surface area contributed by atoms with Crippen LogP contribution in [-0.2, 0) is 17.6 Å². The second-order valence-electron chi connectivity index (χ2n) is 14.9. The predicted octanol–water partition coefficient (Wildman–Crippen LogP) is 8.99. The fourth-order valence-corrected chi connectivity index (χ4v) is 8.35. The van der Waals surface area contributed by atoms with E-state index >= 15 is 0 Å². The molecule has 0 saturated carbocycles. The van der Waals surface area contributed by atoms with Gasteiger partial charge in [0.1, 0.15) is 5.75 Å². The lowest BCUT2D eigenvalue weighted by atomic mass is 9.91. The monoisotopic (exact) mass is 762 g/mol. The summed E-state index contributed by atoms with van der Waals surface area (Å²) in [5.74, 6) is 0.726. The molecule has 8 nitrogen and oxygen atoms in total. The molecule has 1 amide bonds. The molecule has 55 heavy (non-hydrogen) atoms. The highest BCUT2D eigenvalue weighted by atomic mass is 32.2. The van der Waals surface area contributed by atoms with E-state index in [4.69, 9.17) is 10.5 Å². The highest BCUT2D eigenvalue weighted by molar-refractivity contribution is 7.98. The maximum atomic E-state index is 12.6. The molecule has 1 unspecified atom stereocenters. The van der Waals surface area contributed by atoms with Crippen molar-refractivity contribution < 1.29 is 19.7 Å². The summed E-state index contributed by atoms with van der Waals surface area (Å²) in [5.41, 5.74) is 18.1. The minimum Gasteiger partial charge on any atom is -0.504 e. The summed E-state index contributed by atoms with van der Waals surface area (Å²) in [7, 11) is 1.74. The van der Waals surface area contributed by atoms with Crippen LogP contribution < -0.4 is 26.6 Å². The average Bonchev–Trinajstić information content (AvgIpc) is 3.52. The number of nitrogens with one attached hydrogen (secondary N) is 1. The lowest BCUT2D eigenvalue weighted by molar-refractivity contribution is -0.118. The summed E-state index contributed by atoms with van der Waals surface area (Å²) in [6.45, 7) is 14.2. The zero-order chi connectivity index (χ0) is 40.1. The van der Waals surface area contributed by atoms with E-state index in [1.807, 2.05) is 24.5 Å². The SMILES string of the molecule is C=C(CCCCC(N)=O)N[C@H]1CCc2cc(O)c(O)c(C)c2-c2ccc(C)c(=O)cc21.COc1c(C)c(C)cc2c1-c1ccc(SC)c(=O)cc1C(C)CC2. The molecule has 4 aromatic carbocycles. The van der Waals surface area contributed by atoms with Crippen molar-refractivity contribution in [1.82, 2.24) is 5.32 Å². The number of thioether (sulfide) groups is 1. The Balaban J connectivity index is 0.000000218. The van der Waals surface area contributed by atoms with Crippen LogP contribution in [0.4, 0.5) is 0 Å². The molecule has 5 N–H and O–H groups in total. The highest BCUT2D eigenvalue weighted by Crippen LogP contribution is 2.46. The number of ether oxygens (including phenoxy) is 1. The number of unbranched alkanes of at least 4 members (excludes halogenated alkanes) is 1. The van der Waals surface area contributed by atoms with E-state index in [1.54, 1.807) is 39.2 Å². The number of fused-ring (bicyclic) bond motifs is 6. The van der Waals surface area contributed by atoms with Gasteiger partial charge in [-0.3, -0.25) is 14.4 Å². The molecule has 0 aromatic heterocycles. The van der Waals surface area contributed by atoms with Gasteiger partial charge in [-0.25, -0.2) is 0 Å². The number of phenols is 2. The molecular weight excluding hydrogens is 709 g/mol. The lowest BCUT2D eigenvalue weighted by Crippen LogP contribution is -2.21. The molecule has 0 radical (unpaired) electrons. The Morgan fingerprint density at radius 1 is 0.855 bits per heavy atom. The Hall–Kier alpha value is -5.02. The molecule has 2 atom stereocenters. The average molecular weight is 763 g/mol. The molecule has 2 aliphatic carbocycles. The van der Waals surface area contributed by atoms with Crippen LogP contribution in [0.3, 0.4) is 0 Å². The normalized spacial score (nSPS) is 15.4. The zero-order valence-corrected chi connectivity index (χ0v) is 34.0. The lowest BCUT2D eigenvalue weighted by Gasteiger charge is -2.21. The fraction of sp³-hybridized carbons (Fsp3) is 0.370. The van der Waals surface area contributed by atoms with Gasteiger partial charge in [0.05, 0.1) is 18.0 Å². The summed E-state index contributed by atoms with van der Waals surface area (Å²) in [6, 6.07) is 15.1. The van der Waals surface area contributed by atoms with Crippen LogP contribution in [0.5, 0.6) is 17.2 Å². The van der Waals surface area contributed by atoms with E-state index < -0.39 is 0 Å². The number of aryl methyl sites for hydroxylation is 4. The number of methoxy groups -OCH3 is 1. The molecular formula is C46H54N2O6S. The third kappa shape index (κ3) is 8.94. The number of phenolic OH excluding ortho intramolecular Hbond substituents is 2. The third-order valence-electron chi connectivity index (χ3n) is 11.2. The molecule has 4 aromatic rings. The topological polar surface area (TPSA) is 139 Å². The molecule has 290 valence electrons. The molecule has 0 aliphatic heterocycles. The van der Waals surface area contributed by atoms with Crippen molar-refractivity contribution in [3.63, 3.8) is 0 Å². The first kappa shape index (κ1) is 41.1. The number of allylic oxidation sites excluding steroid dienone is 1. The molecule has 0 fully saturated rings. The number of primary amides is 1. The number of benzene rings is 2. The Bertz CT molecular complexity index is 2270. The second kappa shape index (κ2) is 17.6. The summed E-state index contributed by atoms with van der Waals surface area (Å²) in [4.78, 5) is 36.9. The summed E-state index contributed by atoms with van der Waals surface area (Å²) >= 11 is 1.51. The van der Waals surface area contributed by atoms with Gasteiger partial charge in [-0.05, 0) is 165 Å².